The van der Waals surface area contributed by atoms with Gasteiger partial charge in [0.2, 0.25) is 5.91 Å². The van der Waals surface area contributed by atoms with Crippen LogP contribution in [-0.4, -0.2) is 42.4 Å². The molecule has 0 radical (unpaired) electrons. The quantitative estimate of drug-likeness (QED) is 0.807. The fourth-order valence-electron chi connectivity index (χ4n) is 2.42. The lowest BCUT2D eigenvalue weighted by molar-refractivity contribution is -0.121. The topological polar surface area (TPSA) is 89.7 Å². The number of likely N-dealkylation sites (N-methyl/N-ethyl adjacent to an activating group) is 1. The number of carbonyl (C=O) groups excluding carboxylic acids is 3. The summed E-state index contributed by atoms with van der Waals surface area (Å²) in [6.45, 7) is 3.66. The van der Waals surface area contributed by atoms with Crippen molar-refractivity contribution in [3.63, 3.8) is 0 Å². The first kappa shape index (κ1) is 19.2. The van der Waals surface area contributed by atoms with Crippen LogP contribution in [0.5, 0.6) is 0 Å². The lowest BCUT2D eigenvalue weighted by Gasteiger charge is -2.22. The van der Waals surface area contributed by atoms with Crippen molar-refractivity contribution in [3.05, 3.63) is 59.7 Å². The summed E-state index contributed by atoms with van der Waals surface area (Å²) in [4.78, 5) is 36.9. The number of amides is 2. The fraction of sp³-hybridized carbons (Fsp3) is 0.250. The summed E-state index contributed by atoms with van der Waals surface area (Å²) < 4.78 is 4.97. The molecule has 0 bridgehead atoms. The van der Waals surface area contributed by atoms with Gasteiger partial charge in [-0.05, 0) is 49.2 Å². The van der Waals surface area contributed by atoms with E-state index in [0.717, 1.165) is 11.1 Å². The summed E-state index contributed by atoms with van der Waals surface area (Å²) in [6, 6.07) is 13.3. The molecule has 0 saturated heterocycles. The van der Waals surface area contributed by atoms with Gasteiger partial charge in [-0.15, -0.1) is 0 Å². The lowest BCUT2D eigenvalue weighted by Crippen LogP contribution is -2.43. The molecule has 6 nitrogen and oxygen atoms in total. The van der Waals surface area contributed by atoms with Gasteiger partial charge in [0.1, 0.15) is 6.04 Å². The zero-order chi connectivity index (χ0) is 19.3. The van der Waals surface area contributed by atoms with E-state index >= 15 is 0 Å². The number of rotatable bonds is 6. The van der Waals surface area contributed by atoms with Gasteiger partial charge in [0.15, 0.2) is 0 Å². The Hall–Kier alpha value is -3.15. The first-order valence-corrected chi connectivity index (χ1v) is 8.29. The number of ether oxygens (including phenoxy) is 1. The van der Waals surface area contributed by atoms with Crippen LogP contribution in [-0.2, 0) is 9.53 Å². The lowest BCUT2D eigenvalue weighted by atomic mass is 10.0. The maximum absolute atomic E-state index is 12.5. The largest absolute Gasteiger partial charge is 0.462 e. The molecule has 0 spiro atoms. The Morgan fingerprint density at radius 2 is 1.69 bits per heavy atom. The van der Waals surface area contributed by atoms with Crippen LogP contribution in [0, 0.1) is 0 Å². The first-order valence-electron chi connectivity index (χ1n) is 8.29. The van der Waals surface area contributed by atoms with Crippen molar-refractivity contribution in [1.29, 1.82) is 0 Å². The van der Waals surface area contributed by atoms with Gasteiger partial charge in [-0.1, -0.05) is 24.3 Å². The summed E-state index contributed by atoms with van der Waals surface area (Å²) in [5.74, 6) is -1.22. The van der Waals surface area contributed by atoms with Crippen LogP contribution >= 0.6 is 0 Å². The van der Waals surface area contributed by atoms with Crippen molar-refractivity contribution in [3.8, 4) is 11.1 Å². The molecule has 26 heavy (non-hydrogen) atoms. The van der Waals surface area contributed by atoms with Gasteiger partial charge in [-0.3, -0.25) is 9.59 Å². The summed E-state index contributed by atoms with van der Waals surface area (Å²) in [7, 11) is 1.54. The molecular formula is C20H22N2O4. The van der Waals surface area contributed by atoms with Crippen molar-refractivity contribution in [2.24, 2.45) is 5.73 Å². The number of benzene rings is 2. The second-order valence-corrected chi connectivity index (χ2v) is 5.87. The van der Waals surface area contributed by atoms with Gasteiger partial charge in [0, 0.05) is 12.6 Å². The van der Waals surface area contributed by atoms with E-state index < -0.39 is 11.9 Å². The molecule has 6 heteroatoms. The zero-order valence-electron chi connectivity index (χ0n) is 15.1. The number of primary amides is 1. The molecular weight excluding hydrogens is 332 g/mol. The fourth-order valence-corrected chi connectivity index (χ4v) is 2.42. The molecule has 2 aromatic rings. The molecule has 1 atom stereocenters. The maximum Gasteiger partial charge on any atom is 0.338 e. The Morgan fingerprint density at radius 1 is 1.04 bits per heavy atom. The minimum absolute atomic E-state index is 0.290. The predicted octanol–water partition coefficient (Wildman–Crippen LogP) is 2.48. The molecule has 136 valence electrons. The van der Waals surface area contributed by atoms with Crippen molar-refractivity contribution in [2.45, 2.75) is 19.9 Å². The maximum atomic E-state index is 12.5. The summed E-state index contributed by atoms with van der Waals surface area (Å²) in [6.07, 6.45) is 0. The average Bonchev–Trinajstić information content (AvgIpc) is 2.66. The molecule has 2 aromatic carbocycles. The Balaban J connectivity index is 2.25. The molecule has 2 amide bonds. The summed E-state index contributed by atoms with van der Waals surface area (Å²) in [5.41, 5.74) is 7.87. The van der Waals surface area contributed by atoms with Gasteiger partial charge >= 0.3 is 5.97 Å². The van der Waals surface area contributed by atoms with E-state index in [1.54, 1.807) is 63.4 Å². The van der Waals surface area contributed by atoms with E-state index in [1.807, 2.05) is 6.07 Å². The van der Waals surface area contributed by atoms with Crippen molar-refractivity contribution in [2.75, 3.05) is 13.7 Å². The van der Waals surface area contributed by atoms with Gasteiger partial charge in [0.25, 0.3) is 5.91 Å². The molecule has 0 saturated carbocycles. The Bertz CT molecular complexity index is 815. The Morgan fingerprint density at radius 3 is 2.27 bits per heavy atom. The van der Waals surface area contributed by atoms with E-state index in [0.29, 0.717) is 17.7 Å². The predicted molar refractivity (Wildman–Crippen MR) is 98.6 cm³/mol. The van der Waals surface area contributed by atoms with Gasteiger partial charge < -0.3 is 15.4 Å². The minimum atomic E-state index is -0.699. The van der Waals surface area contributed by atoms with Crippen LogP contribution < -0.4 is 5.73 Å². The van der Waals surface area contributed by atoms with Crippen LogP contribution in [0.4, 0.5) is 0 Å². The van der Waals surface area contributed by atoms with Gasteiger partial charge in [-0.2, -0.15) is 0 Å². The SMILES string of the molecule is CCOC(=O)c1ccc(-c2cccc(C(=O)N(C)[C@@H](C)C(N)=O)c2)cc1. The molecule has 0 aliphatic carbocycles. The second kappa shape index (κ2) is 8.29. The van der Waals surface area contributed by atoms with Crippen LogP contribution in [0.2, 0.25) is 0 Å². The Kier molecular flexibility index (Phi) is 6.11. The highest BCUT2D eigenvalue weighted by Gasteiger charge is 2.21. The second-order valence-electron chi connectivity index (χ2n) is 5.87. The monoisotopic (exact) mass is 354 g/mol. The number of hydrogen-bond acceptors (Lipinski definition) is 4. The first-order chi connectivity index (χ1) is 12.3. The highest BCUT2D eigenvalue weighted by molar-refractivity contribution is 5.98. The third kappa shape index (κ3) is 4.27. The summed E-state index contributed by atoms with van der Waals surface area (Å²) >= 11 is 0. The number of hydrogen-bond donors (Lipinski definition) is 1. The molecule has 0 aliphatic rings. The van der Waals surface area contributed by atoms with E-state index in [9.17, 15) is 14.4 Å². The number of nitrogens with zero attached hydrogens (tertiary/aromatic N) is 1. The van der Waals surface area contributed by atoms with E-state index in [2.05, 4.69) is 0 Å². The number of esters is 1. The molecule has 0 unspecified atom stereocenters. The van der Waals surface area contributed by atoms with E-state index in [4.69, 9.17) is 10.5 Å². The van der Waals surface area contributed by atoms with Crippen LogP contribution in [0.3, 0.4) is 0 Å². The molecule has 0 heterocycles. The molecule has 0 aliphatic heterocycles. The number of nitrogens with two attached hydrogens (primary N) is 1. The summed E-state index contributed by atoms with van der Waals surface area (Å²) in [5, 5.41) is 0. The van der Waals surface area contributed by atoms with E-state index in [-0.39, 0.29) is 11.9 Å². The van der Waals surface area contributed by atoms with Crippen LogP contribution in [0.1, 0.15) is 34.6 Å². The smallest absolute Gasteiger partial charge is 0.338 e. The third-order valence-electron chi connectivity index (χ3n) is 4.15. The minimum Gasteiger partial charge on any atom is -0.462 e. The molecule has 2 N–H and O–H groups in total. The van der Waals surface area contributed by atoms with Crippen molar-refractivity contribution >= 4 is 17.8 Å². The highest BCUT2D eigenvalue weighted by Crippen LogP contribution is 2.22. The van der Waals surface area contributed by atoms with Crippen molar-refractivity contribution in [1.82, 2.24) is 4.90 Å². The van der Waals surface area contributed by atoms with E-state index in [1.165, 1.54) is 4.90 Å². The van der Waals surface area contributed by atoms with Gasteiger partial charge in [-0.25, -0.2) is 4.79 Å². The average molecular weight is 354 g/mol. The van der Waals surface area contributed by atoms with Crippen LogP contribution in [0.15, 0.2) is 48.5 Å². The Labute approximate surface area is 152 Å². The highest BCUT2D eigenvalue weighted by atomic mass is 16.5. The van der Waals surface area contributed by atoms with Crippen molar-refractivity contribution < 1.29 is 19.1 Å². The third-order valence-corrected chi connectivity index (χ3v) is 4.15. The number of carbonyl (C=O) groups is 3. The normalized spacial score (nSPS) is 11.5. The zero-order valence-corrected chi connectivity index (χ0v) is 15.1. The van der Waals surface area contributed by atoms with Gasteiger partial charge in [0.05, 0.1) is 12.2 Å². The molecule has 2 rings (SSSR count). The standard InChI is InChI=1S/C20H22N2O4/c1-4-26-20(25)15-10-8-14(9-11-15)16-6-5-7-17(12-16)19(24)22(3)13(2)18(21)23/h5-13H,4H2,1-3H3,(H2,21,23)/t13-/m0/s1. The molecule has 0 fully saturated rings. The molecule has 0 aromatic heterocycles. The van der Waals surface area contributed by atoms with Crippen LogP contribution in [0.25, 0.3) is 11.1 Å².